The Morgan fingerprint density at radius 2 is 1.08 bits per heavy atom. The molecule has 0 rings (SSSR count). The molecule has 0 radical (unpaired) electrons. The number of carbonyl (C=O) groups is 2. The molecule has 0 fully saturated rings. The number of aliphatic hydroxyl groups is 1. The van der Waals surface area contributed by atoms with E-state index in [0.717, 1.165) is 19.3 Å². The minimum atomic E-state index is -2.13. The topological polar surface area (TPSA) is 101 Å². The SMILES string of the molecule is CCCCCCCCCCCCCCCCCC(=O)[C@](N)(CO)C(=O)O. The van der Waals surface area contributed by atoms with Gasteiger partial charge in [-0.1, -0.05) is 96.8 Å². The number of hydrogen-bond donors (Lipinski definition) is 3. The Morgan fingerprint density at radius 1 is 0.731 bits per heavy atom. The number of aliphatic carboxylic acids is 1. The highest BCUT2D eigenvalue weighted by Crippen LogP contribution is 2.15. The monoisotopic (exact) mass is 371 g/mol. The van der Waals surface area contributed by atoms with Crippen LogP contribution >= 0.6 is 0 Å². The van der Waals surface area contributed by atoms with Crippen molar-refractivity contribution in [3.63, 3.8) is 0 Å². The summed E-state index contributed by atoms with van der Waals surface area (Å²) in [5.74, 6) is -2.03. The van der Waals surface area contributed by atoms with E-state index in [0.29, 0.717) is 6.42 Å². The first kappa shape index (κ1) is 25.1. The Hall–Kier alpha value is -0.940. The van der Waals surface area contributed by atoms with Crippen molar-refractivity contribution in [1.29, 1.82) is 0 Å². The zero-order valence-electron chi connectivity index (χ0n) is 16.8. The van der Waals surface area contributed by atoms with Crippen molar-refractivity contribution in [2.75, 3.05) is 6.61 Å². The first-order valence-corrected chi connectivity index (χ1v) is 10.7. The molecule has 0 aromatic rings. The van der Waals surface area contributed by atoms with Crippen LogP contribution in [0, 0.1) is 0 Å². The Kier molecular flexibility index (Phi) is 15.7. The van der Waals surface area contributed by atoms with Crippen molar-refractivity contribution in [2.24, 2.45) is 5.73 Å². The molecule has 0 aromatic carbocycles. The van der Waals surface area contributed by atoms with Gasteiger partial charge in [0.25, 0.3) is 0 Å². The standard InChI is InChI=1S/C21H41NO4/c1-2-3-4-5-6-7-8-9-10-11-12-13-14-15-16-17-19(24)21(22,18-23)20(25)26/h23H,2-18,22H2,1H3,(H,25,26)/t21-/m1/s1. The highest BCUT2D eigenvalue weighted by Gasteiger charge is 2.40. The summed E-state index contributed by atoms with van der Waals surface area (Å²) < 4.78 is 0. The zero-order chi connectivity index (χ0) is 19.7. The maximum Gasteiger partial charge on any atom is 0.333 e. The second kappa shape index (κ2) is 16.2. The summed E-state index contributed by atoms with van der Waals surface area (Å²) in [7, 11) is 0. The largest absolute Gasteiger partial charge is 0.479 e. The molecule has 0 unspecified atom stereocenters. The van der Waals surface area contributed by atoms with Gasteiger partial charge < -0.3 is 15.9 Å². The molecule has 154 valence electrons. The average molecular weight is 372 g/mol. The average Bonchev–Trinajstić information content (AvgIpc) is 2.63. The number of Topliss-reactive ketones (excluding diaryl/α,β-unsaturated/α-hetero) is 1. The van der Waals surface area contributed by atoms with Gasteiger partial charge in [0.1, 0.15) is 0 Å². The Labute approximate surface area is 159 Å². The number of aliphatic hydroxyl groups excluding tert-OH is 1. The molecule has 0 spiro atoms. The van der Waals surface area contributed by atoms with Crippen LogP contribution < -0.4 is 5.73 Å². The smallest absolute Gasteiger partial charge is 0.333 e. The molecular weight excluding hydrogens is 330 g/mol. The number of carboxylic acids is 1. The van der Waals surface area contributed by atoms with Crippen molar-refractivity contribution < 1.29 is 19.8 Å². The maximum atomic E-state index is 11.8. The zero-order valence-corrected chi connectivity index (χ0v) is 16.8. The van der Waals surface area contributed by atoms with Crippen molar-refractivity contribution in [1.82, 2.24) is 0 Å². The van der Waals surface area contributed by atoms with Gasteiger partial charge in [-0.25, -0.2) is 4.79 Å². The summed E-state index contributed by atoms with van der Waals surface area (Å²) in [5, 5.41) is 17.9. The van der Waals surface area contributed by atoms with Gasteiger partial charge in [0.2, 0.25) is 0 Å². The minimum absolute atomic E-state index is 0.127. The van der Waals surface area contributed by atoms with E-state index in [-0.39, 0.29) is 6.42 Å². The summed E-state index contributed by atoms with van der Waals surface area (Å²) in [4.78, 5) is 22.8. The minimum Gasteiger partial charge on any atom is -0.479 e. The van der Waals surface area contributed by atoms with Crippen LogP contribution in [0.3, 0.4) is 0 Å². The lowest BCUT2D eigenvalue weighted by Gasteiger charge is -2.20. The van der Waals surface area contributed by atoms with E-state index in [9.17, 15) is 9.59 Å². The van der Waals surface area contributed by atoms with Crippen molar-refractivity contribution in [2.45, 2.75) is 115 Å². The molecule has 0 bridgehead atoms. The molecule has 0 aliphatic heterocycles. The van der Waals surface area contributed by atoms with Crippen LogP contribution in [0.4, 0.5) is 0 Å². The van der Waals surface area contributed by atoms with Gasteiger partial charge in [-0.2, -0.15) is 0 Å². The van der Waals surface area contributed by atoms with E-state index >= 15 is 0 Å². The van der Waals surface area contributed by atoms with Gasteiger partial charge in [-0.05, 0) is 6.42 Å². The van der Waals surface area contributed by atoms with E-state index in [1.54, 1.807) is 0 Å². The fraction of sp³-hybridized carbons (Fsp3) is 0.905. The normalized spacial score (nSPS) is 13.5. The third-order valence-corrected chi connectivity index (χ3v) is 5.14. The lowest BCUT2D eigenvalue weighted by molar-refractivity contribution is -0.150. The molecule has 5 nitrogen and oxygen atoms in total. The van der Waals surface area contributed by atoms with Gasteiger partial charge in [-0.3, -0.25) is 4.79 Å². The lowest BCUT2D eigenvalue weighted by atomic mass is 9.92. The van der Waals surface area contributed by atoms with Gasteiger partial charge in [0.15, 0.2) is 11.3 Å². The fourth-order valence-electron chi connectivity index (χ4n) is 3.16. The van der Waals surface area contributed by atoms with Gasteiger partial charge in [0.05, 0.1) is 6.61 Å². The van der Waals surface area contributed by atoms with Crippen LogP contribution in [0.15, 0.2) is 0 Å². The molecule has 0 heterocycles. The van der Waals surface area contributed by atoms with Crippen LogP contribution in [-0.4, -0.2) is 34.1 Å². The van der Waals surface area contributed by atoms with E-state index < -0.39 is 23.9 Å². The highest BCUT2D eigenvalue weighted by atomic mass is 16.4. The Bertz CT molecular complexity index is 373. The second-order valence-electron chi connectivity index (χ2n) is 7.56. The number of ketones is 1. The molecule has 1 atom stereocenters. The Balaban J connectivity index is 3.39. The first-order valence-electron chi connectivity index (χ1n) is 10.7. The molecule has 26 heavy (non-hydrogen) atoms. The van der Waals surface area contributed by atoms with E-state index in [1.807, 2.05) is 0 Å². The molecule has 0 saturated heterocycles. The number of carbonyl (C=O) groups excluding carboxylic acids is 1. The predicted molar refractivity (Wildman–Crippen MR) is 106 cm³/mol. The fourth-order valence-corrected chi connectivity index (χ4v) is 3.16. The lowest BCUT2D eigenvalue weighted by Crippen LogP contribution is -2.57. The predicted octanol–water partition coefficient (Wildman–Crippen LogP) is 4.59. The van der Waals surface area contributed by atoms with Gasteiger partial charge in [0, 0.05) is 6.42 Å². The first-order chi connectivity index (χ1) is 12.5. The summed E-state index contributed by atoms with van der Waals surface area (Å²) in [6, 6.07) is 0. The van der Waals surface area contributed by atoms with Crippen LogP contribution in [0.2, 0.25) is 0 Å². The molecule has 0 saturated carbocycles. The summed E-state index contributed by atoms with van der Waals surface area (Å²) >= 11 is 0. The number of carboxylic acid groups (broad SMARTS) is 1. The molecule has 4 N–H and O–H groups in total. The molecule has 0 aliphatic rings. The van der Waals surface area contributed by atoms with Crippen LogP contribution in [-0.2, 0) is 9.59 Å². The summed E-state index contributed by atoms with van der Waals surface area (Å²) in [6.07, 6.45) is 18.7. The number of rotatable bonds is 19. The molecular formula is C21H41NO4. The van der Waals surface area contributed by atoms with Gasteiger partial charge in [-0.15, -0.1) is 0 Å². The van der Waals surface area contributed by atoms with Crippen molar-refractivity contribution >= 4 is 11.8 Å². The highest BCUT2D eigenvalue weighted by molar-refractivity contribution is 6.07. The number of hydrogen-bond acceptors (Lipinski definition) is 4. The molecule has 5 heteroatoms. The third-order valence-electron chi connectivity index (χ3n) is 5.14. The third kappa shape index (κ3) is 11.6. The Morgan fingerprint density at radius 3 is 1.38 bits per heavy atom. The number of unbranched alkanes of at least 4 members (excludes halogenated alkanes) is 14. The second-order valence-corrected chi connectivity index (χ2v) is 7.56. The molecule has 0 aromatic heterocycles. The van der Waals surface area contributed by atoms with Crippen molar-refractivity contribution in [3.05, 3.63) is 0 Å². The van der Waals surface area contributed by atoms with Crippen molar-refractivity contribution in [3.8, 4) is 0 Å². The summed E-state index contributed by atoms with van der Waals surface area (Å²) in [6.45, 7) is 1.40. The van der Waals surface area contributed by atoms with Crippen LogP contribution in [0.5, 0.6) is 0 Å². The van der Waals surface area contributed by atoms with E-state index in [1.165, 1.54) is 70.6 Å². The van der Waals surface area contributed by atoms with E-state index in [2.05, 4.69) is 6.92 Å². The maximum absolute atomic E-state index is 11.8. The quantitative estimate of drug-likeness (QED) is 0.228. The molecule has 0 aliphatic carbocycles. The van der Waals surface area contributed by atoms with Crippen LogP contribution in [0.25, 0.3) is 0 Å². The molecule has 0 amide bonds. The van der Waals surface area contributed by atoms with E-state index in [4.69, 9.17) is 15.9 Å². The van der Waals surface area contributed by atoms with Gasteiger partial charge >= 0.3 is 5.97 Å². The van der Waals surface area contributed by atoms with Crippen LogP contribution in [0.1, 0.15) is 110 Å². The summed E-state index contributed by atoms with van der Waals surface area (Å²) in [5.41, 5.74) is 3.32. The number of nitrogens with two attached hydrogens (primary N) is 1.